The molecule has 1 unspecified atom stereocenters. The molecule has 2 amide bonds. The molecular weight excluding hydrogens is 383 g/mol. The molecule has 9 heteroatoms. The lowest BCUT2D eigenvalue weighted by Gasteiger charge is -2.32. The lowest BCUT2D eigenvalue weighted by molar-refractivity contribution is -0.135. The molecule has 0 aliphatic carbocycles. The maximum atomic E-state index is 12.3. The van der Waals surface area contributed by atoms with E-state index in [1.807, 2.05) is 6.26 Å². The van der Waals surface area contributed by atoms with Gasteiger partial charge >= 0.3 is 0 Å². The van der Waals surface area contributed by atoms with Crippen LogP contribution in [0.2, 0.25) is 5.02 Å². The molecule has 25 heavy (non-hydrogen) atoms. The highest BCUT2D eigenvalue weighted by Gasteiger charge is 2.29. The topological polar surface area (TPSA) is 88.3 Å². The number of nitrogens with zero attached hydrogens (tertiary/aromatic N) is 2. The van der Waals surface area contributed by atoms with E-state index in [1.54, 1.807) is 28.8 Å². The highest BCUT2D eigenvalue weighted by molar-refractivity contribution is 7.98. The van der Waals surface area contributed by atoms with Crippen LogP contribution in [0.3, 0.4) is 0 Å². The Morgan fingerprint density at radius 1 is 1.44 bits per heavy atom. The lowest BCUT2D eigenvalue weighted by atomic mass is 9.95. The van der Waals surface area contributed by atoms with E-state index >= 15 is 0 Å². The van der Waals surface area contributed by atoms with Gasteiger partial charge in [-0.2, -0.15) is 11.8 Å². The number of nitrogens with one attached hydrogen (secondary N) is 1. The molecule has 0 saturated carbocycles. The zero-order chi connectivity index (χ0) is 17.5. The Morgan fingerprint density at radius 3 is 2.68 bits per heavy atom. The van der Waals surface area contributed by atoms with Gasteiger partial charge in [-0.05, 0) is 43.4 Å². The number of nitrogens with two attached hydrogens (primary N) is 1. The second-order valence-electron chi connectivity index (χ2n) is 5.84. The van der Waals surface area contributed by atoms with Crippen LogP contribution >= 0.6 is 35.8 Å². The van der Waals surface area contributed by atoms with Crippen molar-refractivity contribution in [3.05, 3.63) is 23.4 Å². The summed E-state index contributed by atoms with van der Waals surface area (Å²) in [5, 5.41) is 3.32. The zero-order valence-corrected chi connectivity index (χ0v) is 16.5. The first kappa shape index (κ1) is 22.0. The van der Waals surface area contributed by atoms with E-state index in [0.29, 0.717) is 43.2 Å². The van der Waals surface area contributed by atoms with Gasteiger partial charge < -0.3 is 16.0 Å². The van der Waals surface area contributed by atoms with E-state index in [2.05, 4.69) is 10.3 Å². The largest absolute Gasteiger partial charge is 0.341 e. The van der Waals surface area contributed by atoms with Gasteiger partial charge in [0.2, 0.25) is 11.8 Å². The summed E-state index contributed by atoms with van der Waals surface area (Å²) in [5.41, 5.74) is 5.94. The number of carbonyl (C=O) groups is 2. The number of hydrogen-bond acceptors (Lipinski definition) is 5. The fraction of sp³-hybridized carbons (Fsp3) is 0.562. The Kier molecular flexibility index (Phi) is 9.56. The molecule has 3 N–H and O–H groups in total. The van der Waals surface area contributed by atoms with Crippen LogP contribution in [0.25, 0.3) is 0 Å². The fourth-order valence-electron chi connectivity index (χ4n) is 2.64. The molecule has 140 valence electrons. The summed E-state index contributed by atoms with van der Waals surface area (Å²) in [7, 11) is 0. The van der Waals surface area contributed by atoms with Crippen LogP contribution in [0.15, 0.2) is 18.3 Å². The summed E-state index contributed by atoms with van der Waals surface area (Å²) in [6.07, 6.45) is 5.45. The molecule has 1 aromatic heterocycles. The van der Waals surface area contributed by atoms with Gasteiger partial charge in [0.15, 0.2) is 0 Å². The van der Waals surface area contributed by atoms with Crippen LogP contribution in [0.1, 0.15) is 19.3 Å². The third-order valence-electron chi connectivity index (χ3n) is 4.11. The number of halogens is 2. The number of amides is 2. The van der Waals surface area contributed by atoms with Gasteiger partial charge in [0.05, 0.1) is 11.1 Å². The predicted molar refractivity (Wildman–Crippen MR) is 105 cm³/mol. The molecule has 0 radical (unpaired) electrons. The highest BCUT2D eigenvalue weighted by Crippen LogP contribution is 2.20. The van der Waals surface area contributed by atoms with Gasteiger partial charge in [-0.15, -0.1) is 12.4 Å². The number of piperidine rings is 1. The molecule has 2 heterocycles. The molecule has 1 fully saturated rings. The van der Waals surface area contributed by atoms with E-state index in [9.17, 15) is 9.59 Å². The maximum Gasteiger partial charge on any atom is 0.239 e. The van der Waals surface area contributed by atoms with Crippen LogP contribution < -0.4 is 11.1 Å². The molecule has 1 aliphatic heterocycles. The van der Waals surface area contributed by atoms with Crippen LogP contribution in [-0.2, 0) is 9.59 Å². The summed E-state index contributed by atoms with van der Waals surface area (Å²) < 4.78 is 0. The third kappa shape index (κ3) is 6.66. The normalized spacial score (nSPS) is 16.0. The van der Waals surface area contributed by atoms with Gasteiger partial charge in [0, 0.05) is 25.2 Å². The van der Waals surface area contributed by atoms with Crippen molar-refractivity contribution in [3.8, 4) is 0 Å². The monoisotopic (exact) mass is 406 g/mol. The first-order chi connectivity index (χ1) is 11.5. The summed E-state index contributed by atoms with van der Waals surface area (Å²) in [5.74, 6) is 1.17. The number of hydrogen-bond donors (Lipinski definition) is 2. The standard InChI is InChI=1S/C16H23ClN4O2S.ClH/c1-24-9-6-13(18)16(23)21-7-4-11(5-8-21)15(22)20-14-3-2-12(17)10-19-14;/h2-3,10-11,13H,4-9,18H2,1H3,(H,19,20,22);1H. The quantitative estimate of drug-likeness (QED) is 0.756. The van der Waals surface area contributed by atoms with E-state index in [4.69, 9.17) is 17.3 Å². The number of anilines is 1. The Hall–Kier alpha value is -1.02. The molecule has 1 saturated heterocycles. The number of thioether (sulfide) groups is 1. The third-order valence-corrected chi connectivity index (χ3v) is 4.97. The lowest BCUT2D eigenvalue weighted by Crippen LogP contribution is -2.48. The van der Waals surface area contributed by atoms with Crippen LogP contribution in [-0.4, -0.2) is 52.8 Å². The van der Waals surface area contributed by atoms with Crippen molar-refractivity contribution < 1.29 is 9.59 Å². The van der Waals surface area contributed by atoms with Crippen molar-refractivity contribution >= 4 is 53.4 Å². The Labute approximate surface area is 163 Å². The number of pyridine rings is 1. The molecule has 0 aromatic carbocycles. The Bertz CT molecular complexity index is 566. The van der Waals surface area contributed by atoms with Gasteiger partial charge in [0.1, 0.15) is 5.82 Å². The first-order valence-corrected chi connectivity index (χ1v) is 9.74. The predicted octanol–water partition coefficient (Wildman–Crippen LogP) is 2.41. The molecule has 0 bridgehead atoms. The van der Waals surface area contributed by atoms with Crippen molar-refractivity contribution in [1.82, 2.24) is 9.88 Å². The molecule has 6 nitrogen and oxygen atoms in total. The fourth-order valence-corrected chi connectivity index (χ4v) is 3.24. The van der Waals surface area contributed by atoms with Gasteiger partial charge in [-0.1, -0.05) is 11.6 Å². The Morgan fingerprint density at radius 2 is 2.12 bits per heavy atom. The van der Waals surface area contributed by atoms with E-state index in [0.717, 1.165) is 5.75 Å². The minimum atomic E-state index is -0.443. The first-order valence-electron chi connectivity index (χ1n) is 7.97. The Balaban J connectivity index is 0.00000312. The number of carbonyl (C=O) groups excluding carboxylic acids is 2. The van der Waals surface area contributed by atoms with E-state index in [-0.39, 0.29) is 30.1 Å². The molecule has 2 rings (SSSR count). The van der Waals surface area contributed by atoms with Crippen molar-refractivity contribution in [2.75, 3.05) is 30.4 Å². The smallest absolute Gasteiger partial charge is 0.239 e. The second-order valence-corrected chi connectivity index (χ2v) is 7.26. The summed E-state index contributed by atoms with van der Waals surface area (Å²) in [6.45, 7) is 1.13. The number of aromatic nitrogens is 1. The van der Waals surface area contributed by atoms with Crippen LogP contribution in [0.5, 0.6) is 0 Å². The molecular formula is C16H24Cl2N4O2S. The molecule has 1 aliphatic rings. The molecule has 1 aromatic rings. The van der Waals surface area contributed by atoms with Crippen LogP contribution in [0.4, 0.5) is 5.82 Å². The average Bonchev–Trinajstić information content (AvgIpc) is 2.61. The van der Waals surface area contributed by atoms with Crippen molar-refractivity contribution in [3.63, 3.8) is 0 Å². The summed E-state index contributed by atoms with van der Waals surface area (Å²) in [4.78, 5) is 30.4. The number of likely N-dealkylation sites (tertiary alicyclic amines) is 1. The van der Waals surface area contributed by atoms with E-state index in [1.165, 1.54) is 6.20 Å². The zero-order valence-electron chi connectivity index (χ0n) is 14.1. The maximum absolute atomic E-state index is 12.3. The second kappa shape index (κ2) is 10.9. The van der Waals surface area contributed by atoms with Gasteiger partial charge in [-0.25, -0.2) is 4.98 Å². The average molecular weight is 407 g/mol. The van der Waals surface area contributed by atoms with Crippen molar-refractivity contribution in [2.45, 2.75) is 25.3 Å². The van der Waals surface area contributed by atoms with E-state index < -0.39 is 6.04 Å². The SMILES string of the molecule is CSCCC(N)C(=O)N1CCC(C(=O)Nc2ccc(Cl)cn2)CC1.Cl. The molecule has 1 atom stereocenters. The van der Waals surface area contributed by atoms with Crippen molar-refractivity contribution in [1.29, 1.82) is 0 Å². The van der Waals surface area contributed by atoms with Gasteiger partial charge in [-0.3, -0.25) is 9.59 Å². The highest BCUT2D eigenvalue weighted by atomic mass is 35.5. The minimum absolute atomic E-state index is 0. The van der Waals surface area contributed by atoms with Crippen LogP contribution in [0, 0.1) is 5.92 Å². The summed E-state index contributed by atoms with van der Waals surface area (Å²) in [6, 6.07) is 2.91. The summed E-state index contributed by atoms with van der Waals surface area (Å²) >= 11 is 7.46. The number of rotatable bonds is 6. The minimum Gasteiger partial charge on any atom is -0.341 e. The van der Waals surface area contributed by atoms with Crippen molar-refractivity contribution in [2.24, 2.45) is 11.7 Å². The van der Waals surface area contributed by atoms with Gasteiger partial charge in [0.25, 0.3) is 0 Å². The molecule has 0 spiro atoms.